The molecule has 11 nitrogen and oxygen atoms in total. The lowest BCUT2D eigenvalue weighted by Gasteiger charge is -2.34. The molecule has 0 saturated carbocycles. The van der Waals surface area contributed by atoms with Crippen molar-refractivity contribution in [3.8, 4) is 0 Å². The van der Waals surface area contributed by atoms with E-state index in [1.165, 1.54) is 24.3 Å². The topological polar surface area (TPSA) is 142 Å². The van der Waals surface area contributed by atoms with Gasteiger partial charge in [0.1, 0.15) is 5.69 Å². The first-order valence-electron chi connectivity index (χ1n) is 9.41. The van der Waals surface area contributed by atoms with Gasteiger partial charge in [0.15, 0.2) is 5.60 Å². The number of ether oxygens (including phenoxy) is 3. The summed E-state index contributed by atoms with van der Waals surface area (Å²) >= 11 is 0. The standard InChI is InChI=1S/C20H18N2O9/c1-9-4-5-12(13(8-9)22(27)28)21-17(25)15-14-6-7-20(31-14,16(15)18(21)26)19(29-10(2)23)30-11(3)24/h4-8,14-16,19H,1-3H3/t14-,15+,16+,20+/m1/s1. The van der Waals surface area contributed by atoms with Crippen LogP contribution in [0.5, 0.6) is 0 Å². The summed E-state index contributed by atoms with van der Waals surface area (Å²) in [5.74, 6) is -5.22. The first-order chi connectivity index (χ1) is 14.6. The fraction of sp³-hybridized carbons (Fsp3) is 0.400. The number of nitro groups is 1. The molecule has 0 spiro atoms. The number of nitro benzene ring substituents is 1. The lowest BCUT2D eigenvalue weighted by molar-refractivity contribution is -0.384. The molecule has 0 radical (unpaired) electrons. The molecule has 3 aliphatic rings. The van der Waals surface area contributed by atoms with Gasteiger partial charge >= 0.3 is 11.9 Å². The van der Waals surface area contributed by atoms with Crippen molar-refractivity contribution < 1.29 is 38.3 Å². The first-order valence-corrected chi connectivity index (χ1v) is 9.41. The van der Waals surface area contributed by atoms with Crippen LogP contribution in [0.2, 0.25) is 0 Å². The van der Waals surface area contributed by atoms with Gasteiger partial charge < -0.3 is 14.2 Å². The quantitative estimate of drug-likeness (QED) is 0.168. The van der Waals surface area contributed by atoms with E-state index in [1.807, 2.05) is 0 Å². The zero-order valence-corrected chi connectivity index (χ0v) is 16.8. The van der Waals surface area contributed by atoms with Gasteiger partial charge in [-0.05, 0) is 24.6 Å². The molecule has 1 aromatic rings. The van der Waals surface area contributed by atoms with Gasteiger partial charge in [0.2, 0.25) is 11.8 Å². The van der Waals surface area contributed by atoms with Crippen LogP contribution >= 0.6 is 0 Å². The molecule has 4 rings (SSSR count). The number of imide groups is 1. The Morgan fingerprint density at radius 1 is 1.19 bits per heavy atom. The highest BCUT2D eigenvalue weighted by Crippen LogP contribution is 2.55. The smallest absolute Gasteiger partial charge is 0.305 e. The number of nitrogens with zero attached hydrogens (tertiary/aromatic N) is 2. The van der Waals surface area contributed by atoms with Crippen LogP contribution in [-0.2, 0) is 33.4 Å². The maximum absolute atomic E-state index is 13.4. The Bertz CT molecular complexity index is 1050. The van der Waals surface area contributed by atoms with Crippen LogP contribution < -0.4 is 4.90 Å². The number of hydrogen-bond acceptors (Lipinski definition) is 9. The SMILES string of the molecule is CC(=O)OC(OC(C)=O)[C@@]12C=C[C@@H](O1)[C@@H]1C(=O)N(c3ccc(C)cc3[N+](=O)[O-])C(=O)[C@H]12. The molecule has 31 heavy (non-hydrogen) atoms. The Hall–Kier alpha value is -3.60. The molecule has 2 amide bonds. The van der Waals surface area contributed by atoms with Gasteiger partial charge in [-0.3, -0.25) is 29.3 Å². The van der Waals surface area contributed by atoms with Crippen LogP contribution in [-0.4, -0.2) is 46.7 Å². The number of hydrogen-bond donors (Lipinski definition) is 0. The second-order valence-electron chi connectivity index (χ2n) is 7.61. The fourth-order valence-corrected chi connectivity index (χ4v) is 4.42. The number of amides is 2. The zero-order valence-electron chi connectivity index (χ0n) is 16.8. The van der Waals surface area contributed by atoms with Gasteiger partial charge in [-0.15, -0.1) is 0 Å². The molecule has 2 bridgehead atoms. The van der Waals surface area contributed by atoms with Crippen molar-refractivity contribution >= 4 is 35.1 Å². The minimum Gasteiger partial charge on any atom is -0.422 e. The predicted octanol–water partition coefficient (Wildman–Crippen LogP) is 1.17. The van der Waals surface area contributed by atoms with Crippen molar-refractivity contribution in [2.75, 3.05) is 4.90 Å². The molecule has 0 N–H and O–H groups in total. The summed E-state index contributed by atoms with van der Waals surface area (Å²) in [4.78, 5) is 61.5. The maximum atomic E-state index is 13.4. The number of esters is 2. The second kappa shape index (κ2) is 6.98. The molecule has 11 heteroatoms. The monoisotopic (exact) mass is 430 g/mol. The largest absolute Gasteiger partial charge is 0.422 e. The minimum atomic E-state index is -1.71. The van der Waals surface area contributed by atoms with Gasteiger partial charge in [-0.25, -0.2) is 4.90 Å². The third-order valence-corrected chi connectivity index (χ3v) is 5.56. The lowest BCUT2D eigenvalue weighted by Crippen LogP contribution is -2.52. The molecule has 3 heterocycles. The third-order valence-electron chi connectivity index (χ3n) is 5.56. The van der Waals surface area contributed by atoms with Gasteiger partial charge in [-0.2, -0.15) is 0 Å². The number of fused-ring (bicyclic) bond motifs is 5. The summed E-state index contributed by atoms with van der Waals surface area (Å²) in [6.45, 7) is 3.84. The molecule has 1 aromatic carbocycles. The van der Waals surface area contributed by atoms with Crippen molar-refractivity contribution in [3.05, 3.63) is 46.0 Å². The second-order valence-corrected chi connectivity index (χ2v) is 7.61. The van der Waals surface area contributed by atoms with E-state index in [1.54, 1.807) is 13.0 Å². The van der Waals surface area contributed by atoms with Crippen molar-refractivity contribution in [3.63, 3.8) is 0 Å². The summed E-state index contributed by atoms with van der Waals surface area (Å²) in [7, 11) is 0. The van der Waals surface area contributed by atoms with Gasteiger partial charge in [0.25, 0.3) is 12.0 Å². The van der Waals surface area contributed by atoms with Crippen molar-refractivity contribution in [1.29, 1.82) is 0 Å². The number of carbonyl (C=O) groups is 4. The number of anilines is 1. The summed E-state index contributed by atoms with van der Waals surface area (Å²) < 4.78 is 16.1. The number of aryl methyl sites for hydroxylation is 1. The van der Waals surface area contributed by atoms with E-state index in [0.29, 0.717) is 5.56 Å². The number of rotatable bonds is 5. The van der Waals surface area contributed by atoms with E-state index >= 15 is 0 Å². The van der Waals surface area contributed by atoms with Crippen LogP contribution in [0.15, 0.2) is 30.4 Å². The fourth-order valence-electron chi connectivity index (χ4n) is 4.42. The Labute approximate surface area is 175 Å². The molecule has 162 valence electrons. The summed E-state index contributed by atoms with van der Waals surface area (Å²) in [5.41, 5.74) is -1.69. The highest BCUT2D eigenvalue weighted by Gasteiger charge is 2.72. The summed E-state index contributed by atoms with van der Waals surface area (Å²) in [6, 6.07) is 4.16. The molecule has 0 aromatic heterocycles. The first kappa shape index (κ1) is 20.7. The molecule has 4 atom stereocenters. The summed E-state index contributed by atoms with van der Waals surface area (Å²) in [6.07, 6.45) is 0.514. The Balaban J connectivity index is 1.79. The zero-order chi connectivity index (χ0) is 22.7. The van der Waals surface area contributed by atoms with Crippen LogP contribution in [0.3, 0.4) is 0 Å². The van der Waals surface area contributed by atoms with Crippen molar-refractivity contribution in [1.82, 2.24) is 0 Å². The van der Waals surface area contributed by atoms with Crippen molar-refractivity contribution in [2.24, 2.45) is 11.8 Å². The Morgan fingerprint density at radius 2 is 1.84 bits per heavy atom. The van der Waals surface area contributed by atoms with Crippen LogP contribution in [0.25, 0.3) is 0 Å². The lowest BCUT2D eigenvalue weighted by atomic mass is 9.76. The van der Waals surface area contributed by atoms with Crippen molar-refractivity contribution in [2.45, 2.75) is 38.8 Å². The highest BCUT2D eigenvalue weighted by atomic mass is 16.7. The van der Waals surface area contributed by atoms with Crippen LogP contribution in [0, 0.1) is 28.9 Å². The Kier molecular flexibility index (Phi) is 4.65. The molecule has 3 aliphatic heterocycles. The van der Waals surface area contributed by atoms with E-state index in [4.69, 9.17) is 14.2 Å². The van der Waals surface area contributed by atoms with Crippen LogP contribution in [0.1, 0.15) is 19.4 Å². The molecule has 0 aliphatic carbocycles. The molecular formula is C20H18N2O9. The average molecular weight is 430 g/mol. The molecule has 0 unspecified atom stereocenters. The van der Waals surface area contributed by atoms with Crippen LogP contribution in [0.4, 0.5) is 11.4 Å². The van der Waals surface area contributed by atoms with E-state index in [2.05, 4.69) is 0 Å². The predicted molar refractivity (Wildman–Crippen MR) is 101 cm³/mol. The maximum Gasteiger partial charge on any atom is 0.305 e. The normalized spacial score (nSPS) is 28.3. The highest BCUT2D eigenvalue weighted by molar-refractivity contribution is 6.24. The third kappa shape index (κ3) is 3.00. The average Bonchev–Trinajstić information content (AvgIpc) is 3.32. The molecule has 2 fully saturated rings. The molecule has 2 saturated heterocycles. The van der Waals surface area contributed by atoms with E-state index in [-0.39, 0.29) is 5.69 Å². The van der Waals surface area contributed by atoms with E-state index in [0.717, 1.165) is 18.7 Å². The van der Waals surface area contributed by atoms with Gasteiger partial charge in [0, 0.05) is 19.9 Å². The Morgan fingerprint density at radius 3 is 2.42 bits per heavy atom. The molecular weight excluding hydrogens is 412 g/mol. The minimum absolute atomic E-state index is 0.161. The number of carbonyl (C=O) groups excluding carboxylic acids is 4. The number of benzene rings is 1. The summed E-state index contributed by atoms with van der Waals surface area (Å²) in [5, 5.41) is 11.5. The van der Waals surface area contributed by atoms with E-state index < -0.39 is 64.2 Å². The van der Waals surface area contributed by atoms with E-state index in [9.17, 15) is 29.3 Å². The van der Waals surface area contributed by atoms with Gasteiger partial charge in [0.05, 0.1) is 22.9 Å². The van der Waals surface area contributed by atoms with Gasteiger partial charge in [-0.1, -0.05) is 12.1 Å².